The van der Waals surface area contributed by atoms with Crippen molar-refractivity contribution >= 4 is 6.41 Å². The second-order valence-electron chi connectivity index (χ2n) is 2.68. The fraction of sp³-hybridized carbons (Fsp3) is 0.800. The SMILES string of the molecule is CC(C)(C)[N+](N)C=O. The van der Waals surface area contributed by atoms with E-state index in [0.717, 1.165) is 5.01 Å². The number of carbonyl (C=O) groups excluding carboxylic acids is 1. The molecule has 0 atom stereocenters. The van der Waals surface area contributed by atoms with Gasteiger partial charge in [-0.1, -0.05) is 0 Å². The molecule has 1 radical (unpaired) electrons. The van der Waals surface area contributed by atoms with Crippen LogP contribution in [0.4, 0.5) is 0 Å². The number of hydrazine groups is 1. The van der Waals surface area contributed by atoms with Gasteiger partial charge in [0.05, 0.1) is 0 Å². The Morgan fingerprint density at radius 1 is 1.50 bits per heavy atom. The summed E-state index contributed by atoms with van der Waals surface area (Å²) in [7, 11) is 0. The van der Waals surface area contributed by atoms with Gasteiger partial charge in [0.15, 0.2) is 5.54 Å². The van der Waals surface area contributed by atoms with Crippen LogP contribution in [0.25, 0.3) is 0 Å². The molecule has 0 saturated heterocycles. The fourth-order valence-corrected chi connectivity index (χ4v) is 0.158. The molecular formula is C5H12N2O+. The van der Waals surface area contributed by atoms with E-state index in [1.54, 1.807) is 0 Å². The predicted octanol–water partition coefficient (Wildman–Crippen LogP) is -0.0449. The summed E-state index contributed by atoms with van der Waals surface area (Å²) in [5.74, 6) is 5.22. The summed E-state index contributed by atoms with van der Waals surface area (Å²) in [5.41, 5.74) is -0.248. The van der Waals surface area contributed by atoms with Crippen molar-refractivity contribution in [3.05, 3.63) is 0 Å². The van der Waals surface area contributed by atoms with Gasteiger partial charge in [-0.2, -0.15) is 0 Å². The average Bonchev–Trinajstić information content (AvgIpc) is 1.62. The van der Waals surface area contributed by atoms with Crippen LogP contribution in [0.15, 0.2) is 0 Å². The first-order valence-electron chi connectivity index (χ1n) is 2.48. The van der Waals surface area contributed by atoms with Crippen molar-refractivity contribution < 1.29 is 4.79 Å². The van der Waals surface area contributed by atoms with Crippen LogP contribution < -0.4 is 10.9 Å². The van der Waals surface area contributed by atoms with Gasteiger partial charge in [0.2, 0.25) is 0 Å². The number of hydrogen-bond acceptors (Lipinski definition) is 2. The lowest BCUT2D eigenvalue weighted by molar-refractivity contribution is -0.116. The normalized spacial score (nSPS) is 12.1. The summed E-state index contributed by atoms with van der Waals surface area (Å²) >= 11 is 0. The van der Waals surface area contributed by atoms with Crippen LogP contribution >= 0.6 is 0 Å². The second-order valence-corrected chi connectivity index (χ2v) is 2.68. The molecule has 0 saturated carbocycles. The Kier molecular flexibility index (Phi) is 2.12. The van der Waals surface area contributed by atoms with Gasteiger partial charge in [0.25, 0.3) is 0 Å². The van der Waals surface area contributed by atoms with Crippen LogP contribution in [0.2, 0.25) is 0 Å². The van der Waals surface area contributed by atoms with Crippen LogP contribution in [0.1, 0.15) is 20.8 Å². The van der Waals surface area contributed by atoms with Crippen molar-refractivity contribution in [1.82, 2.24) is 5.01 Å². The molecule has 0 fully saturated rings. The van der Waals surface area contributed by atoms with E-state index in [9.17, 15) is 4.79 Å². The number of nitrogens with two attached hydrogens (primary N) is 1. The first-order valence-corrected chi connectivity index (χ1v) is 2.48. The van der Waals surface area contributed by atoms with E-state index in [2.05, 4.69) is 0 Å². The molecular weight excluding hydrogens is 104 g/mol. The number of hydrogen-bond donors (Lipinski definition) is 1. The average molecular weight is 116 g/mol. The van der Waals surface area contributed by atoms with Crippen molar-refractivity contribution in [2.75, 3.05) is 0 Å². The van der Waals surface area contributed by atoms with E-state index >= 15 is 0 Å². The molecule has 3 nitrogen and oxygen atoms in total. The zero-order valence-electron chi connectivity index (χ0n) is 5.51. The molecule has 3 heteroatoms. The number of nitrogens with zero attached hydrogens (tertiary/aromatic N) is 1. The van der Waals surface area contributed by atoms with Gasteiger partial charge < -0.3 is 0 Å². The third-order valence-electron chi connectivity index (χ3n) is 0.888. The molecule has 0 heterocycles. The molecule has 0 aromatic carbocycles. The Hall–Kier alpha value is -0.410. The topological polar surface area (TPSA) is 49.0 Å². The third-order valence-corrected chi connectivity index (χ3v) is 0.888. The Bertz CT molecular complexity index is 84.9. The van der Waals surface area contributed by atoms with Crippen LogP contribution in [0.3, 0.4) is 0 Å². The highest BCUT2D eigenvalue weighted by Gasteiger charge is 2.27. The Labute approximate surface area is 49.4 Å². The lowest BCUT2D eigenvalue weighted by Gasteiger charge is -2.12. The molecule has 47 valence electrons. The molecule has 0 aliphatic carbocycles. The number of amides is 1. The Morgan fingerprint density at radius 2 is 1.88 bits per heavy atom. The molecule has 0 aliphatic rings. The van der Waals surface area contributed by atoms with E-state index < -0.39 is 0 Å². The minimum atomic E-state index is -0.248. The molecule has 0 rings (SSSR count). The van der Waals surface area contributed by atoms with Crippen molar-refractivity contribution in [2.24, 2.45) is 5.84 Å². The summed E-state index contributed by atoms with van der Waals surface area (Å²) < 4.78 is 0. The van der Waals surface area contributed by atoms with Crippen molar-refractivity contribution in [3.63, 3.8) is 0 Å². The molecule has 0 unspecified atom stereocenters. The zero-order chi connectivity index (χ0) is 6.78. The van der Waals surface area contributed by atoms with Crippen molar-refractivity contribution in [3.8, 4) is 0 Å². The third kappa shape index (κ3) is 2.04. The smallest absolute Gasteiger partial charge is 0.226 e. The number of rotatable bonds is 1. The highest BCUT2D eigenvalue weighted by atomic mass is 16.1. The molecule has 0 bridgehead atoms. The highest BCUT2D eigenvalue weighted by Crippen LogP contribution is 2.01. The van der Waals surface area contributed by atoms with Gasteiger partial charge in [-0.3, -0.25) is 0 Å². The van der Waals surface area contributed by atoms with E-state index in [1.807, 2.05) is 20.8 Å². The highest BCUT2D eigenvalue weighted by molar-refractivity contribution is 5.50. The minimum Gasteiger partial charge on any atom is -0.226 e. The predicted molar refractivity (Wildman–Crippen MR) is 32.1 cm³/mol. The summed E-state index contributed by atoms with van der Waals surface area (Å²) in [6, 6.07) is 0. The summed E-state index contributed by atoms with van der Waals surface area (Å²) in [5, 5.41) is 1.13. The molecule has 2 N–H and O–H groups in total. The van der Waals surface area contributed by atoms with Crippen LogP contribution in [0.5, 0.6) is 0 Å². The van der Waals surface area contributed by atoms with Gasteiger partial charge in [0.1, 0.15) is 0 Å². The first kappa shape index (κ1) is 7.59. The summed E-state index contributed by atoms with van der Waals surface area (Å²) in [6.45, 7) is 5.59. The van der Waals surface area contributed by atoms with Gasteiger partial charge in [0, 0.05) is 0 Å². The quantitative estimate of drug-likeness (QED) is 0.172. The fourth-order valence-electron chi connectivity index (χ4n) is 0.158. The lowest BCUT2D eigenvalue weighted by Crippen LogP contribution is -2.50. The van der Waals surface area contributed by atoms with E-state index in [-0.39, 0.29) is 5.54 Å². The van der Waals surface area contributed by atoms with Gasteiger partial charge in [-0.25, -0.2) is 4.79 Å². The maximum atomic E-state index is 9.95. The van der Waals surface area contributed by atoms with E-state index in [0.29, 0.717) is 6.41 Å². The molecule has 0 spiro atoms. The maximum Gasteiger partial charge on any atom is 0.371 e. The molecule has 1 amide bonds. The Balaban J connectivity index is 3.80. The molecule has 0 aromatic heterocycles. The molecule has 0 aromatic rings. The molecule has 0 aliphatic heterocycles. The van der Waals surface area contributed by atoms with Crippen LogP contribution in [-0.2, 0) is 4.79 Å². The van der Waals surface area contributed by atoms with Crippen LogP contribution in [-0.4, -0.2) is 11.9 Å². The standard InChI is InChI=1S/C5H12N2O/c1-5(2,3)7(6)4-8/h4H,6H2,1-3H3/q+1. The van der Waals surface area contributed by atoms with E-state index in [4.69, 9.17) is 5.84 Å². The van der Waals surface area contributed by atoms with Crippen molar-refractivity contribution in [1.29, 1.82) is 0 Å². The summed E-state index contributed by atoms with van der Waals surface area (Å²) in [6.07, 6.45) is 0.611. The monoisotopic (exact) mass is 116 g/mol. The van der Waals surface area contributed by atoms with Crippen molar-refractivity contribution in [2.45, 2.75) is 26.3 Å². The first-order chi connectivity index (χ1) is 3.48. The van der Waals surface area contributed by atoms with Gasteiger partial charge >= 0.3 is 6.41 Å². The second kappa shape index (κ2) is 2.24. The maximum absolute atomic E-state index is 9.95. The van der Waals surface area contributed by atoms with Gasteiger partial charge in [-0.05, 0) is 25.8 Å². The van der Waals surface area contributed by atoms with E-state index in [1.165, 1.54) is 0 Å². The molecule has 8 heavy (non-hydrogen) atoms. The Morgan fingerprint density at radius 3 is 1.88 bits per heavy atom. The van der Waals surface area contributed by atoms with Crippen LogP contribution in [0, 0.1) is 0 Å². The lowest BCUT2D eigenvalue weighted by atomic mass is 10.1. The number of carbonyl (C=O) groups is 1. The summed E-state index contributed by atoms with van der Waals surface area (Å²) in [4.78, 5) is 9.95. The minimum absolute atomic E-state index is 0.248. The largest absolute Gasteiger partial charge is 0.371 e. The zero-order valence-corrected chi connectivity index (χ0v) is 5.51. The van der Waals surface area contributed by atoms with Gasteiger partial charge in [-0.15, -0.1) is 5.84 Å².